The lowest BCUT2D eigenvalue weighted by Crippen LogP contribution is -2.57. The van der Waals surface area contributed by atoms with Crippen molar-refractivity contribution in [2.75, 3.05) is 37.7 Å². The Kier molecular flexibility index (Phi) is 11.0. The molecule has 0 saturated carbocycles. The molecule has 1 spiro atoms. The molecule has 0 unspecified atom stereocenters. The average molecular weight is 547 g/mol. The number of hydrogen-bond donors (Lipinski definition) is 1. The topological polar surface area (TPSA) is 73.0 Å². The van der Waals surface area contributed by atoms with Gasteiger partial charge in [0.25, 0.3) is 5.91 Å². The molecule has 2 aromatic carbocycles. The van der Waals surface area contributed by atoms with Gasteiger partial charge in [-0.05, 0) is 43.4 Å². The number of nitrogens with zero attached hydrogens (tertiary/aromatic N) is 3. The van der Waals surface area contributed by atoms with Crippen LogP contribution in [0.5, 0.6) is 0 Å². The second-order valence-corrected chi connectivity index (χ2v) is 11.3. The average Bonchev–Trinajstić information content (AvgIpc) is 3.24. The minimum Gasteiger partial charge on any atom is -0.354 e. The van der Waals surface area contributed by atoms with Gasteiger partial charge < -0.3 is 20.0 Å². The van der Waals surface area contributed by atoms with Gasteiger partial charge in [0.15, 0.2) is 0 Å². The number of carbonyl (C=O) groups excluding carboxylic acids is 3. The van der Waals surface area contributed by atoms with Crippen LogP contribution in [0.3, 0.4) is 0 Å². The van der Waals surface area contributed by atoms with Gasteiger partial charge in [-0.25, -0.2) is 0 Å². The molecule has 2 aliphatic rings. The molecular weight excluding hydrogens is 500 g/mol. The number of benzene rings is 2. The molecule has 2 heterocycles. The van der Waals surface area contributed by atoms with Crippen LogP contribution in [0, 0.1) is 0 Å². The van der Waals surface area contributed by atoms with Crippen LogP contribution in [0.2, 0.25) is 0 Å². The number of nitrogens with one attached hydrogen (secondary N) is 1. The van der Waals surface area contributed by atoms with Crippen LogP contribution >= 0.6 is 0 Å². The van der Waals surface area contributed by atoms with E-state index in [1.54, 1.807) is 4.90 Å². The summed E-state index contributed by atoms with van der Waals surface area (Å²) in [4.78, 5) is 45.4. The molecule has 0 radical (unpaired) electrons. The van der Waals surface area contributed by atoms with Crippen molar-refractivity contribution in [3.8, 4) is 0 Å². The maximum Gasteiger partial charge on any atom is 0.250 e. The van der Waals surface area contributed by atoms with E-state index in [0.717, 1.165) is 24.9 Å². The van der Waals surface area contributed by atoms with Crippen LogP contribution in [0.4, 0.5) is 5.69 Å². The van der Waals surface area contributed by atoms with Crippen LogP contribution in [0.25, 0.3) is 0 Å². The van der Waals surface area contributed by atoms with Crippen LogP contribution in [-0.2, 0) is 20.8 Å². The molecule has 4 rings (SSSR count). The lowest BCUT2D eigenvalue weighted by atomic mass is 9.85. The van der Waals surface area contributed by atoms with Crippen molar-refractivity contribution in [3.05, 3.63) is 66.2 Å². The smallest absolute Gasteiger partial charge is 0.250 e. The van der Waals surface area contributed by atoms with Crippen LogP contribution in [0.15, 0.2) is 60.7 Å². The number of piperidine rings is 1. The summed E-state index contributed by atoms with van der Waals surface area (Å²) in [6.45, 7) is 4.32. The van der Waals surface area contributed by atoms with E-state index in [1.165, 1.54) is 37.7 Å². The van der Waals surface area contributed by atoms with E-state index in [9.17, 15) is 14.4 Å². The fourth-order valence-corrected chi connectivity index (χ4v) is 6.06. The highest BCUT2D eigenvalue weighted by atomic mass is 16.2. The molecule has 7 heteroatoms. The van der Waals surface area contributed by atoms with Gasteiger partial charge in [0.2, 0.25) is 11.8 Å². The highest BCUT2D eigenvalue weighted by Gasteiger charge is 2.54. The minimum atomic E-state index is -0.721. The van der Waals surface area contributed by atoms with Crippen molar-refractivity contribution in [3.63, 3.8) is 0 Å². The van der Waals surface area contributed by atoms with Gasteiger partial charge in [0.1, 0.15) is 12.1 Å². The van der Waals surface area contributed by atoms with Gasteiger partial charge >= 0.3 is 0 Å². The largest absolute Gasteiger partial charge is 0.354 e. The molecule has 2 fully saturated rings. The Balaban J connectivity index is 1.32. The lowest BCUT2D eigenvalue weighted by molar-refractivity contribution is -0.140. The number of anilines is 1. The van der Waals surface area contributed by atoms with E-state index in [0.29, 0.717) is 45.6 Å². The predicted octanol–water partition coefficient (Wildman–Crippen LogP) is 5.15. The Morgan fingerprint density at radius 2 is 1.48 bits per heavy atom. The number of unbranched alkanes of at least 4 members (excludes halogenated alkanes) is 6. The molecular formula is C33H46N4O3. The minimum absolute atomic E-state index is 0.00580. The van der Waals surface area contributed by atoms with E-state index < -0.39 is 5.54 Å². The van der Waals surface area contributed by atoms with Crippen LogP contribution < -0.4 is 10.2 Å². The molecule has 3 amide bonds. The zero-order valence-corrected chi connectivity index (χ0v) is 24.2. The van der Waals surface area contributed by atoms with Crippen molar-refractivity contribution >= 4 is 23.4 Å². The number of likely N-dealkylation sites (tertiary alicyclic amines) is 1. The van der Waals surface area contributed by atoms with Gasteiger partial charge in [-0.15, -0.1) is 0 Å². The second kappa shape index (κ2) is 14.9. The van der Waals surface area contributed by atoms with Gasteiger partial charge in [0, 0.05) is 31.7 Å². The third kappa shape index (κ3) is 7.64. The summed E-state index contributed by atoms with van der Waals surface area (Å²) < 4.78 is 0. The first-order valence-electron chi connectivity index (χ1n) is 15.2. The first-order valence-corrected chi connectivity index (χ1v) is 15.2. The number of hydrogen-bond acceptors (Lipinski definition) is 4. The summed E-state index contributed by atoms with van der Waals surface area (Å²) >= 11 is 0. The Morgan fingerprint density at radius 3 is 2.15 bits per heavy atom. The Bertz CT molecular complexity index is 1080. The zero-order valence-electron chi connectivity index (χ0n) is 24.2. The number of para-hydroxylation sites is 1. The number of carbonyl (C=O) groups is 3. The van der Waals surface area contributed by atoms with Crippen molar-refractivity contribution in [2.24, 2.45) is 0 Å². The van der Waals surface area contributed by atoms with Crippen LogP contribution in [0.1, 0.15) is 76.7 Å². The van der Waals surface area contributed by atoms with Crippen LogP contribution in [-0.4, -0.2) is 65.9 Å². The zero-order chi connectivity index (χ0) is 28.2. The predicted molar refractivity (Wildman–Crippen MR) is 160 cm³/mol. The van der Waals surface area contributed by atoms with Gasteiger partial charge in [-0.1, -0.05) is 94.0 Å². The van der Waals surface area contributed by atoms with E-state index in [2.05, 4.69) is 17.1 Å². The third-order valence-electron chi connectivity index (χ3n) is 8.43. The molecule has 216 valence electrons. The maximum atomic E-state index is 13.9. The van der Waals surface area contributed by atoms with E-state index in [4.69, 9.17) is 0 Å². The molecule has 2 aromatic rings. The summed E-state index contributed by atoms with van der Waals surface area (Å²) in [5.74, 6) is 0.0557. The highest BCUT2D eigenvalue weighted by Crippen LogP contribution is 2.39. The standard InChI is InChI=1S/C33H46N4O3/c1-2-3-4-5-6-7-14-19-31(39)35-24-21-33(22-25-35)32(40)36(27-37(33)29-17-12-9-13-18-29)26-30(38)34-23-20-28-15-10-8-11-16-28/h8-13,15-18H,2-7,14,19-27H2,1H3,(H,34,38). The second-order valence-electron chi connectivity index (χ2n) is 11.3. The molecule has 2 saturated heterocycles. The van der Waals surface area contributed by atoms with E-state index >= 15 is 0 Å². The molecule has 0 bridgehead atoms. The van der Waals surface area contributed by atoms with Crippen molar-refractivity contribution < 1.29 is 14.4 Å². The van der Waals surface area contributed by atoms with Crippen molar-refractivity contribution in [1.82, 2.24) is 15.1 Å². The monoisotopic (exact) mass is 546 g/mol. The Hall–Kier alpha value is -3.35. The Labute approximate surface area is 239 Å². The summed E-state index contributed by atoms with van der Waals surface area (Å²) in [5.41, 5.74) is 1.43. The fraction of sp³-hybridized carbons (Fsp3) is 0.545. The van der Waals surface area contributed by atoms with Gasteiger partial charge in [-0.3, -0.25) is 14.4 Å². The molecule has 2 aliphatic heterocycles. The Morgan fingerprint density at radius 1 is 0.850 bits per heavy atom. The summed E-state index contributed by atoms with van der Waals surface area (Å²) in [5, 5.41) is 2.98. The van der Waals surface area contributed by atoms with Gasteiger partial charge in [0.05, 0.1) is 6.67 Å². The summed E-state index contributed by atoms with van der Waals surface area (Å²) in [6.07, 6.45) is 10.8. The maximum absolute atomic E-state index is 13.9. The van der Waals surface area contributed by atoms with Gasteiger partial charge in [-0.2, -0.15) is 0 Å². The first-order chi connectivity index (χ1) is 19.5. The van der Waals surface area contributed by atoms with Crippen molar-refractivity contribution in [1.29, 1.82) is 0 Å². The van der Waals surface area contributed by atoms with E-state index in [1.807, 2.05) is 65.6 Å². The van der Waals surface area contributed by atoms with Crippen molar-refractivity contribution in [2.45, 2.75) is 83.1 Å². The molecule has 0 aromatic heterocycles. The first kappa shape index (κ1) is 29.6. The molecule has 1 N–H and O–H groups in total. The lowest BCUT2D eigenvalue weighted by Gasteiger charge is -2.43. The number of rotatable bonds is 14. The quantitative estimate of drug-likeness (QED) is 0.333. The SMILES string of the molecule is CCCCCCCCCC(=O)N1CCC2(CC1)C(=O)N(CC(=O)NCCc1ccccc1)CN2c1ccccc1. The number of amides is 3. The molecule has 7 nitrogen and oxygen atoms in total. The highest BCUT2D eigenvalue weighted by molar-refractivity contribution is 5.96. The fourth-order valence-electron chi connectivity index (χ4n) is 6.06. The summed E-state index contributed by atoms with van der Waals surface area (Å²) in [7, 11) is 0. The summed E-state index contributed by atoms with van der Waals surface area (Å²) in [6, 6.07) is 20.0. The van der Waals surface area contributed by atoms with E-state index in [-0.39, 0.29) is 24.3 Å². The molecule has 40 heavy (non-hydrogen) atoms. The third-order valence-corrected chi connectivity index (χ3v) is 8.43. The molecule has 0 aliphatic carbocycles. The normalized spacial score (nSPS) is 16.5. The molecule has 0 atom stereocenters.